The maximum atomic E-state index is 2.68. The molecular weight excluding hydrogens is 759 g/mol. The molecule has 0 aromatic heterocycles. The van der Waals surface area contributed by atoms with E-state index in [1.807, 2.05) is 3.28 Å². The molecular formula is C45H56Cl2Si2Zr. The summed E-state index contributed by atoms with van der Waals surface area (Å²) in [6, 6.07) is 38.2. The van der Waals surface area contributed by atoms with E-state index in [1.165, 1.54) is 33.4 Å². The van der Waals surface area contributed by atoms with Crippen LogP contribution in [0.3, 0.4) is 0 Å². The first kappa shape index (κ1) is 40.9. The van der Waals surface area contributed by atoms with Crippen molar-refractivity contribution in [3.8, 4) is 11.1 Å². The predicted molar refractivity (Wildman–Crippen MR) is 214 cm³/mol. The SMILES string of the molecule is CC(C)(C)c1ccc2c(c1)[CH]([Zr+2]([C]1=C([Si](C)(C)C)C=CC1[Si](C)(C)C)=[C](c1ccccc1)c1ccccc1)c1cc(C(C)(C)C)ccc1-2.[Cl-].[Cl-]. The van der Waals surface area contributed by atoms with Crippen LogP contribution in [0.4, 0.5) is 0 Å². The third-order valence-electron chi connectivity index (χ3n) is 10.5. The molecule has 0 bridgehead atoms. The minimum absolute atomic E-state index is 0. The van der Waals surface area contributed by atoms with E-state index in [0.717, 1.165) is 0 Å². The number of fused-ring (bicyclic) bond motifs is 3. The van der Waals surface area contributed by atoms with Gasteiger partial charge in [-0.2, -0.15) is 0 Å². The fourth-order valence-corrected chi connectivity index (χ4v) is 28.1. The Morgan fingerprint density at radius 1 is 0.580 bits per heavy atom. The Morgan fingerprint density at radius 3 is 1.36 bits per heavy atom. The van der Waals surface area contributed by atoms with Crippen molar-refractivity contribution in [3.63, 3.8) is 0 Å². The quantitative estimate of drug-likeness (QED) is 0.192. The van der Waals surface area contributed by atoms with E-state index in [1.54, 1.807) is 19.5 Å². The van der Waals surface area contributed by atoms with Gasteiger partial charge in [0.05, 0.1) is 0 Å². The third kappa shape index (κ3) is 7.89. The van der Waals surface area contributed by atoms with E-state index >= 15 is 0 Å². The van der Waals surface area contributed by atoms with Gasteiger partial charge in [0.1, 0.15) is 0 Å². The molecule has 262 valence electrons. The molecule has 0 saturated carbocycles. The Balaban J connectivity index is 0.00000281. The normalized spacial score (nSPS) is 15.9. The van der Waals surface area contributed by atoms with Gasteiger partial charge in [-0.15, -0.1) is 0 Å². The number of hydrogen-bond donors (Lipinski definition) is 0. The van der Waals surface area contributed by atoms with Crippen LogP contribution in [-0.4, -0.2) is 19.4 Å². The van der Waals surface area contributed by atoms with Crippen LogP contribution < -0.4 is 24.8 Å². The van der Waals surface area contributed by atoms with E-state index in [-0.39, 0.29) is 35.6 Å². The van der Waals surface area contributed by atoms with Crippen LogP contribution in [0.2, 0.25) is 44.8 Å². The number of allylic oxidation sites excluding steroid dienone is 4. The topological polar surface area (TPSA) is 0 Å². The molecule has 0 amide bonds. The summed E-state index contributed by atoms with van der Waals surface area (Å²) in [7, 11) is -3.30. The Morgan fingerprint density at radius 2 is 1.00 bits per heavy atom. The van der Waals surface area contributed by atoms with Gasteiger partial charge >= 0.3 is 304 Å². The average molecular weight is 815 g/mol. The van der Waals surface area contributed by atoms with Crippen LogP contribution in [0.15, 0.2) is 118 Å². The van der Waals surface area contributed by atoms with Crippen molar-refractivity contribution in [2.45, 2.75) is 101 Å². The van der Waals surface area contributed by atoms with Gasteiger partial charge in [-0.3, -0.25) is 0 Å². The standard InChI is InChI=1S/C21H25.C13H10.C11H21Si2.2ClH.Zr/c1-20(2,3)16-7-9-18-14(12-16)11-15-13-17(21(4,5)6)8-10-19(15)18;1-3-7-12(8-4-1)11-13-9-5-2-6-10-13;1-12(2,3)10-7-8-11(9-10)13(4,5)6;;;/h7-13H,1-6H3;1-10H;7-8,10H,1-6H3;2*1H;/q;;;;;+2/p-2. The van der Waals surface area contributed by atoms with Crippen LogP contribution in [0.25, 0.3) is 11.1 Å². The monoisotopic (exact) mass is 812 g/mol. The molecule has 0 nitrogen and oxygen atoms in total. The zero-order valence-corrected chi connectivity index (χ0v) is 38.3. The molecule has 6 rings (SSSR count). The van der Waals surface area contributed by atoms with Gasteiger partial charge in [0, 0.05) is 0 Å². The molecule has 1 atom stereocenters. The van der Waals surface area contributed by atoms with Crippen molar-refractivity contribution in [2.24, 2.45) is 0 Å². The van der Waals surface area contributed by atoms with E-state index in [2.05, 4.69) is 190 Å². The first-order valence-corrected chi connectivity index (χ1v) is 28.9. The molecule has 0 N–H and O–H groups in total. The molecule has 5 heteroatoms. The summed E-state index contributed by atoms with van der Waals surface area (Å²) in [5.74, 6) is 0. The van der Waals surface area contributed by atoms with E-state index in [4.69, 9.17) is 0 Å². The van der Waals surface area contributed by atoms with E-state index in [9.17, 15) is 0 Å². The van der Waals surface area contributed by atoms with Crippen molar-refractivity contribution in [1.82, 2.24) is 0 Å². The van der Waals surface area contributed by atoms with Crippen molar-refractivity contribution in [3.05, 3.63) is 151 Å². The summed E-state index contributed by atoms with van der Waals surface area (Å²) in [6.45, 7) is 29.9. The van der Waals surface area contributed by atoms with Crippen LogP contribution in [0.5, 0.6) is 0 Å². The largest absolute Gasteiger partial charge is 1.00 e. The number of rotatable bonds is 6. The van der Waals surface area contributed by atoms with Crippen molar-refractivity contribution in [2.75, 3.05) is 0 Å². The Labute approximate surface area is 325 Å². The molecule has 0 spiro atoms. The minimum atomic E-state index is -2.97. The zero-order chi connectivity index (χ0) is 34.8. The van der Waals surface area contributed by atoms with Crippen LogP contribution >= 0.6 is 0 Å². The number of hydrogen-bond acceptors (Lipinski definition) is 0. The van der Waals surface area contributed by atoms with E-state index < -0.39 is 37.4 Å². The van der Waals surface area contributed by atoms with E-state index in [0.29, 0.717) is 9.17 Å². The number of benzene rings is 4. The summed E-state index contributed by atoms with van der Waals surface area (Å²) in [5.41, 5.74) is 12.6. The molecule has 50 heavy (non-hydrogen) atoms. The minimum Gasteiger partial charge on any atom is -1.00 e. The number of halogens is 2. The molecule has 0 radical (unpaired) electrons. The van der Waals surface area contributed by atoms with Crippen molar-refractivity contribution in [1.29, 1.82) is 0 Å². The van der Waals surface area contributed by atoms with Crippen molar-refractivity contribution < 1.29 is 46.1 Å². The molecule has 4 aromatic rings. The summed E-state index contributed by atoms with van der Waals surface area (Å²) in [4.78, 5) is 0. The second-order valence-electron chi connectivity index (χ2n) is 18.3. The van der Waals surface area contributed by atoms with Gasteiger partial charge in [0.25, 0.3) is 0 Å². The second-order valence-corrected chi connectivity index (χ2v) is 34.7. The summed E-state index contributed by atoms with van der Waals surface area (Å²) in [6.07, 6.45) is 5.31. The fourth-order valence-electron chi connectivity index (χ4n) is 7.86. The van der Waals surface area contributed by atoms with Crippen LogP contribution in [0, 0.1) is 0 Å². The van der Waals surface area contributed by atoms with Gasteiger partial charge in [0.2, 0.25) is 0 Å². The average Bonchev–Trinajstić information content (AvgIpc) is 3.60. The Bertz CT molecular complexity index is 1840. The zero-order valence-electron chi connectivity index (χ0n) is 32.3. The smallest absolute Gasteiger partial charge is 1.00 e. The summed E-state index contributed by atoms with van der Waals surface area (Å²) in [5, 5.41) is 1.75. The first-order valence-electron chi connectivity index (χ1n) is 17.9. The Kier molecular flexibility index (Phi) is 12.2. The summed E-state index contributed by atoms with van der Waals surface area (Å²) < 4.78 is 3.98. The molecule has 0 aliphatic heterocycles. The van der Waals surface area contributed by atoms with Crippen LogP contribution in [0.1, 0.15) is 78.5 Å². The first-order chi connectivity index (χ1) is 22.4. The van der Waals surface area contributed by atoms with Gasteiger partial charge in [-0.1, -0.05) is 0 Å². The van der Waals surface area contributed by atoms with Gasteiger partial charge in [-0.05, 0) is 0 Å². The van der Waals surface area contributed by atoms with Gasteiger partial charge in [-0.25, -0.2) is 0 Å². The second kappa shape index (κ2) is 14.9. The fraction of sp³-hybridized carbons (Fsp3) is 0.356. The Hall–Kier alpha value is -1.87. The predicted octanol–water partition coefficient (Wildman–Crippen LogP) is 6.66. The summed E-state index contributed by atoms with van der Waals surface area (Å²) >= 11 is -2.97. The van der Waals surface area contributed by atoms with Crippen LogP contribution in [-0.2, 0) is 32.1 Å². The molecule has 0 saturated heterocycles. The maximum absolute atomic E-state index is 2.97. The molecule has 0 heterocycles. The molecule has 4 aromatic carbocycles. The van der Waals surface area contributed by atoms with Gasteiger partial charge < -0.3 is 24.8 Å². The van der Waals surface area contributed by atoms with Crippen molar-refractivity contribution >= 4 is 19.4 Å². The molecule has 2 aliphatic carbocycles. The molecule has 1 unspecified atom stereocenters. The van der Waals surface area contributed by atoms with Gasteiger partial charge in [0.15, 0.2) is 0 Å². The maximum Gasteiger partial charge on any atom is -1.00 e. The molecule has 0 fully saturated rings. The third-order valence-corrected chi connectivity index (χ3v) is 24.8. The molecule has 2 aliphatic rings.